The molecule has 25 heavy (non-hydrogen) atoms. The number of para-hydroxylation sites is 1. The van der Waals surface area contributed by atoms with E-state index >= 15 is 0 Å². The third kappa shape index (κ3) is 3.38. The van der Waals surface area contributed by atoms with E-state index in [1.807, 2.05) is 0 Å². The lowest BCUT2D eigenvalue weighted by molar-refractivity contribution is -0.119. The van der Waals surface area contributed by atoms with E-state index in [0.717, 1.165) is 4.31 Å². The third-order valence-corrected chi connectivity index (χ3v) is 6.04. The van der Waals surface area contributed by atoms with Crippen molar-refractivity contribution in [2.75, 3.05) is 15.4 Å². The number of carbonyl (C=O) groups excluding carboxylic acids is 2. The molecule has 0 radical (unpaired) electrons. The van der Waals surface area contributed by atoms with Gasteiger partial charge in [-0.15, -0.1) is 0 Å². The summed E-state index contributed by atoms with van der Waals surface area (Å²) in [5, 5.41) is 3.09. The molecule has 1 heterocycles. The standard InChI is InChI=1S/C17H15ClN2O4S/c1-11-10-25(23,24)20(17(11)22)13-8-6-12(7-9-13)16(21)19-15-5-3-2-4-14(15)18/h2-9,11H,10H2,1H3,(H,19,21)/t11-/m1/s1. The second kappa shape index (κ2) is 6.50. The highest BCUT2D eigenvalue weighted by atomic mass is 35.5. The maximum atomic E-state index is 12.3. The summed E-state index contributed by atoms with van der Waals surface area (Å²) in [6.07, 6.45) is 0. The summed E-state index contributed by atoms with van der Waals surface area (Å²) < 4.78 is 25.0. The minimum Gasteiger partial charge on any atom is -0.321 e. The van der Waals surface area contributed by atoms with Crippen molar-refractivity contribution in [1.82, 2.24) is 0 Å². The van der Waals surface area contributed by atoms with Gasteiger partial charge in [0, 0.05) is 5.56 Å². The molecule has 1 fully saturated rings. The smallest absolute Gasteiger partial charge is 0.255 e. The Morgan fingerprint density at radius 3 is 2.36 bits per heavy atom. The number of rotatable bonds is 3. The Kier molecular flexibility index (Phi) is 4.53. The summed E-state index contributed by atoms with van der Waals surface area (Å²) in [7, 11) is -3.66. The molecule has 3 rings (SSSR count). The van der Waals surface area contributed by atoms with Gasteiger partial charge in [0.15, 0.2) is 0 Å². The highest BCUT2D eigenvalue weighted by molar-refractivity contribution is 7.94. The third-order valence-electron chi connectivity index (χ3n) is 3.85. The van der Waals surface area contributed by atoms with E-state index in [4.69, 9.17) is 11.6 Å². The van der Waals surface area contributed by atoms with Crippen molar-refractivity contribution >= 4 is 44.8 Å². The summed E-state index contributed by atoms with van der Waals surface area (Å²) >= 11 is 6.00. The van der Waals surface area contributed by atoms with Crippen LogP contribution < -0.4 is 9.62 Å². The Labute approximate surface area is 150 Å². The largest absolute Gasteiger partial charge is 0.321 e. The Balaban J connectivity index is 1.82. The number of nitrogens with one attached hydrogen (secondary N) is 1. The number of sulfonamides is 1. The van der Waals surface area contributed by atoms with Gasteiger partial charge in [-0.25, -0.2) is 12.7 Å². The fraction of sp³-hybridized carbons (Fsp3) is 0.176. The van der Waals surface area contributed by atoms with Crippen LogP contribution in [-0.4, -0.2) is 26.0 Å². The summed E-state index contributed by atoms with van der Waals surface area (Å²) in [5.74, 6) is -1.63. The fourth-order valence-electron chi connectivity index (χ4n) is 2.59. The molecule has 2 amide bonds. The van der Waals surface area contributed by atoms with Crippen LogP contribution in [0.15, 0.2) is 48.5 Å². The van der Waals surface area contributed by atoms with E-state index in [2.05, 4.69) is 5.32 Å². The molecule has 0 spiro atoms. The number of benzene rings is 2. The number of hydrogen-bond donors (Lipinski definition) is 1. The average molecular weight is 379 g/mol. The van der Waals surface area contributed by atoms with Crippen molar-refractivity contribution in [2.24, 2.45) is 5.92 Å². The van der Waals surface area contributed by atoms with E-state index < -0.39 is 21.8 Å². The van der Waals surface area contributed by atoms with E-state index in [-0.39, 0.29) is 17.3 Å². The zero-order valence-corrected chi connectivity index (χ0v) is 14.8. The highest BCUT2D eigenvalue weighted by Gasteiger charge is 2.41. The molecule has 0 unspecified atom stereocenters. The van der Waals surface area contributed by atoms with Gasteiger partial charge in [-0.05, 0) is 36.4 Å². The van der Waals surface area contributed by atoms with E-state index in [9.17, 15) is 18.0 Å². The Bertz CT molecular complexity index is 941. The average Bonchev–Trinajstić information content (AvgIpc) is 2.77. The molecule has 0 bridgehead atoms. The monoisotopic (exact) mass is 378 g/mol. The van der Waals surface area contributed by atoms with Crippen molar-refractivity contribution < 1.29 is 18.0 Å². The number of amides is 2. The number of carbonyl (C=O) groups is 2. The van der Waals surface area contributed by atoms with Crippen molar-refractivity contribution in [3.05, 3.63) is 59.1 Å². The van der Waals surface area contributed by atoms with Crippen LogP contribution in [0.25, 0.3) is 0 Å². The molecule has 130 valence electrons. The molecule has 6 nitrogen and oxygen atoms in total. The first-order valence-corrected chi connectivity index (χ1v) is 9.51. The van der Waals surface area contributed by atoms with Crippen LogP contribution >= 0.6 is 11.6 Å². The first kappa shape index (κ1) is 17.4. The van der Waals surface area contributed by atoms with Crippen molar-refractivity contribution in [2.45, 2.75) is 6.92 Å². The lowest BCUT2D eigenvalue weighted by atomic mass is 10.1. The maximum Gasteiger partial charge on any atom is 0.255 e. The van der Waals surface area contributed by atoms with Gasteiger partial charge >= 0.3 is 0 Å². The molecule has 0 aromatic heterocycles. The van der Waals surface area contributed by atoms with Crippen LogP contribution in [0.3, 0.4) is 0 Å². The van der Waals surface area contributed by atoms with Gasteiger partial charge in [0.1, 0.15) is 0 Å². The minimum atomic E-state index is -3.66. The van der Waals surface area contributed by atoms with Gasteiger partial charge in [0.25, 0.3) is 5.91 Å². The number of nitrogens with zero attached hydrogens (tertiary/aromatic N) is 1. The maximum absolute atomic E-state index is 12.3. The molecule has 1 atom stereocenters. The number of halogens is 1. The van der Waals surface area contributed by atoms with E-state index in [1.54, 1.807) is 31.2 Å². The van der Waals surface area contributed by atoms with Gasteiger partial charge in [-0.1, -0.05) is 30.7 Å². The molecule has 2 aromatic rings. The first-order chi connectivity index (χ1) is 11.8. The normalized spacial score (nSPS) is 19.0. The van der Waals surface area contributed by atoms with Crippen LogP contribution in [0.2, 0.25) is 5.02 Å². The molecule has 1 aliphatic heterocycles. The van der Waals surface area contributed by atoms with Crippen LogP contribution in [0.1, 0.15) is 17.3 Å². The first-order valence-electron chi connectivity index (χ1n) is 7.52. The van der Waals surface area contributed by atoms with Gasteiger partial charge in [0.2, 0.25) is 15.9 Å². The Hall–Kier alpha value is -2.38. The van der Waals surface area contributed by atoms with Crippen LogP contribution in [0.4, 0.5) is 11.4 Å². The van der Waals surface area contributed by atoms with Crippen LogP contribution in [0, 0.1) is 5.92 Å². The lowest BCUT2D eigenvalue weighted by Crippen LogP contribution is -2.30. The molecule has 1 aliphatic rings. The van der Waals surface area contributed by atoms with E-state index in [1.165, 1.54) is 24.3 Å². The van der Waals surface area contributed by atoms with E-state index in [0.29, 0.717) is 16.3 Å². The van der Waals surface area contributed by atoms with Crippen LogP contribution in [-0.2, 0) is 14.8 Å². The number of anilines is 2. The van der Waals surface area contributed by atoms with Gasteiger partial charge in [-0.3, -0.25) is 9.59 Å². The summed E-state index contributed by atoms with van der Waals surface area (Å²) in [6, 6.07) is 12.6. The molecular formula is C17H15ClN2O4S. The van der Waals surface area contributed by atoms with Gasteiger partial charge < -0.3 is 5.32 Å². The zero-order chi connectivity index (χ0) is 18.2. The Morgan fingerprint density at radius 2 is 1.80 bits per heavy atom. The summed E-state index contributed by atoms with van der Waals surface area (Å²) in [4.78, 5) is 24.3. The molecule has 1 saturated heterocycles. The highest BCUT2D eigenvalue weighted by Crippen LogP contribution is 2.28. The summed E-state index contributed by atoms with van der Waals surface area (Å²) in [5.41, 5.74) is 1.02. The van der Waals surface area contributed by atoms with Crippen LogP contribution in [0.5, 0.6) is 0 Å². The molecule has 0 saturated carbocycles. The Morgan fingerprint density at radius 1 is 1.16 bits per heavy atom. The predicted molar refractivity (Wildman–Crippen MR) is 96.3 cm³/mol. The predicted octanol–water partition coefficient (Wildman–Crippen LogP) is 2.90. The van der Waals surface area contributed by atoms with Crippen molar-refractivity contribution in [3.63, 3.8) is 0 Å². The fourth-order valence-corrected chi connectivity index (χ4v) is 4.60. The molecular weight excluding hydrogens is 364 g/mol. The van der Waals surface area contributed by atoms with Gasteiger partial charge in [0.05, 0.1) is 28.1 Å². The molecule has 8 heteroatoms. The minimum absolute atomic E-state index is 0.208. The number of hydrogen-bond acceptors (Lipinski definition) is 4. The van der Waals surface area contributed by atoms with Crippen molar-refractivity contribution in [1.29, 1.82) is 0 Å². The topological polar surface area (TPSA) is 83.6 Å². The summed E-state index contributed by atoms with van der Waals surface area (Å²) in [6.45, 7) is 1.57. The molecule has 2 aromatic carbocycles. The lowest BCUT2D eigenvalue weighted by Gasteiger charge is -2.15. The SMILES string of the molecule is C[C@@H]1CS(=O)(=O)N(c2ccc(C(=O)Nc3ccccc3Cl)cc2)C1=O. The molecule has 0 aliphatic carbocycles. The van der Waals surface area contributed by atoms with Crippen molar-refractivity contribution in [3.8, 4) is 0 Å². The molecule has 1 N–H and O–H groups in total. The quantitative estimate of drug-likeness (QED) is 0.890. The second-order valence-corrected chi connectivity index (χ2v) is 8.03. The second-order valence-electron chi connectivity index (χ2n) is 5.76. The zero-order valence-electron chi connectivity index (χ0n) is 13.3. The van der Waals surface area contributed by atoms with Gasteiger partial charge in [-0.2, -0.15) is 0 Å².